The number of amides is 1. The highest BCUT2D eigenvalue weighted by molar-refractivity contribution is 5.95. The topological polar surface area (TPSA) is 72.7 Å². The van der Waals surface area contributed by atoms with Crippen molar-refractivity contribution in [3.63, 3.8) is 0 Å². The van der Waals surface area contributed by atoms with Crippen LogP contribution in [0.15, 0.2) is 18.2 Å². The Morgan fingerprint density at radius 3 is 2.74 bits per heavy atom. The van der Waals surface area contributed by atoms with E-state index in [1.807, 2.05) is 4.90 Å². The minimum atomic E-state index is -0.505. The predicted molar refractivity (Wildman–Crippen MR) is 85.7 cm³/mol. The highest BCUT2D eigenvalue weighted by Gasteiger charge is 2.36. The van der Waals surface area contributed by atoms with Crippen molar-refractivity contribution in [2.24, 2.45) is 5.92 Å². The zero-order chi connectivity index (χ0) is 16.4. The first-order chi connectivity index (χ1) is 11.1. The van der Waals surface area contributed by atoms with Crippen LogP contribution in [0.5, 0.6) is 5.75 Å². The van der Waals surface area contributed by atoms with Gasteiger partial charge in [-0.05, 0) is 43.7 Å². The average Bonchev–Trinajstić information content (AvgIpc) is 2.60. The summed E-state index contributed by atoms with van der Waals surface area (Å²) < 4.78 is 5.01. The summed E-state index contributed by atoms with van der Waals surface area (Å²) in [6, 6.07) is 4.77. The summed E-state index contributed by atoms with van der Waals surface area (Å²) in [5, 5.41) is 11.2. The van der Waals surface area contributed by atoms with Crippen molar-refractivity contribution < 1.29 is 14.5 Å². The Balaban J connectivity index is 1.87. The van der Waals surface area contributed by atoms with Crippen molar-refractivity contribution in [1.82, 2.24) is 4.90 Å². The van der Waals surface area contributed by atoms with Crippen molar-refractivity contribution in [2.75, 3.05) is 13.7 Å². The van der Waals surface area contributed by atoms with E-state index in [0.717, 1.165) is 25.8 Å². The summed E-state index contributed by atoms with van der Waals surface area (Å²) >= 11 is 0. The quantitative estimate of drug-likeness (QED) is 0.632. The van der Waals surface area contributed by atoms with Gasteiger partial charge in [0.05, 0.1) is 12.0 Å². The molecule has 1 aromatic carbocycles. The lowest BCUT2D eigenvalue weighted by Gasteiger charge is -2.44. The molecule has 6 heteroatoms. The van der Waals surface area contributed by atoms with Gasteiger partial charge in [-0.2, -0.15) is 0 Å². The number of benzene rings is 1. The van der Waals surface area contributed by atoms with E-state index in [1.54, 1.807) is 6.07 Å². The van der Waals surface area contributed by atoms with Gasteiger partial charge in [0.15, 0.2) is 5.75 Å². The number of hydrogen-bond donors (Lipinski definition) is 0. The van der Waals surface area contributed by atoms with Crippen LogP contribution in [0, 0.1) is 16.0 Å². The minimum absolute atomic E-state index is 0.0904. The first kappa shape index (κ1) is 15.8. The van der Waals surface area contributed by atoms with E-state index in [9.17, 15) is 14.9 Å². The predicted octanol–water partition coefficient (Wildman–Crippen LogP) is 3.40. The van der Waals surface area contributed by atoms with Crippen LogP contribution in [-0.4, -0.2) is 35.4 Å². The van der Waals surface area contributed by atoms with E-state index in [0.29, 0.717) is 17.5 Å². The van der Waals surface area contributed by atoms with Crippen LogP contribution in [0.25, 0.3) is 0 Å². The Morgan fingerprint density at radius 2 is 2.00 bits per heavy atom. The summed E-state index contributed by atoms with van der Waals surface area (Å²) in [5.41, 5.74) is 0.222. The fraction of sp³-hybridized carbons (Fsp3) is 0.588. The van der Waals surface area contributed by atoms with Gasteiger partial charge in [-0.25, -0.2) is 0 Å². The molecule has 0 bridgehead atoms. The molecule has 2 unspecified atom stereocenters. The number of likely N-dealkylation sites (tertiary alicyclic amines) is 1. The van der Waals surface area contributed by atoms with Crippen LogP contribution in [0.1, 0.15) is 48.9 Å². The molecule has 124 valence electrons. The second-order valence-electron chi connectivity index (χ2n) is 6.40. The van der Waals surface area contributed by atoms with E-state index < -0.39 is 4.92 Å². The summed E-state index contributed by atoms with van der Waals surface area (Å²) in [4.78, 5) is 25.5. The molecule has 2 atom stereocenters. The maximum atomic E-state index is 12.9. The Kier molecular flexibility index (Phi) is 4.50. The Bertz CT molecular complexity index is 615. The van der Waals surface area contributed by atoms with Gasteiger partial charge in [-0.15, -0.1) is 0 Å². The molecule has 6 nitrogen and oxygen atoms in total. The molecule has 3 rings (SSSR count). The summed E-state index contributed by atoms with van der Waals surface area (Å²) in [6.07, 6.45) is 6.86. The summed E-state index contributed by atoms with van der Waals surface area (Å²) in [5.74, 6) is 0.683. The summed E-state index contributed by atoms with van der Waals surface area (Å²) in [7, 11) is 1.39. The van der Waals surface area contributed by atoms with Crippen LogP contribution in [0.2, 0.25) is 0 Å². The lowest BCUT2D eigenvalue weighted by molar-refractivity contribution is -0.385. The number of piperidine rings is 1. The second-order valence-corrected chi connectivity index (χ2v) is 6.40. The van der Waals surface area contributed by atoms with Gasteiger partial charge in [-0.1, -0.05) is 12.8 Å². The number of nitro groups is 1. The minimum Gasteiger partial charge on any atom is -0.490 e. The molecule has 0 aromatic heterocycles. The number of fused-ring (bicyclic) bond motifs is 1. The molecule has 0 N–H and O–H groups in total. The standard InChI is InChI=1S/C17H22N2O4/c1-23-16-9-8-13(11-15(16)19(21)22)17(20)18-10-4-6-12-5-2-3-7-14(12)18/h8-9,11-12,14H,2-7,10H2,1H3. The maximum absolute atomic E-state index is 12.9. The fourth-order valence-electron chi connectivity index (χ4n) is 4.01. The van der Waals surface area contributed by atoms with Crippen molar-refractivity contribution in [2.45, 2.75) is 44.6 Å². The Hall–Kier alpha value is -2.11. The van der Waals surface area contributed by atoms with E-state index in [-0.39, 0.29) is 17.3 Å². The van der Waals surface area contributed by atoms with Gasteiger partial charge in [0.1, 0.15) is 0 Å². The molecule has 2 aliphatic rings. The van der Waals surface area contributed by atoms with Crippen LogP contribution in [-0.2, 0) is 0 Å². The van der Waals surface area contributed by atoms with Crippen molar-refractivity contribution >= 4 is 11.6 Å². The third kappa shape index (κ3) is 3.02. The van der Waals surface area contributed by atoms with E-state index in [1.165, 1.54) is 38.5 Å². The van der Waals surface area contributed by atoms with Crippen LogP contribution >= 0.6 is 0 Å². The lowest BCUT2D eigenvalue weighted by Crippen LogP contribution is -2.49. The number of ether oxygens (including phenoxy) is 1. The maximum Gasteiger partial charge on any atom is 0.311 e. The number of methoxy groups -OCH3 is 1. The molecule has 1 aliphatic carbocycles. The number of nitrogens with zero attached hydrogens (tertiary/aromatic N) is 2. The largest absolute Gasteiger partial charge is 0.490 e. The van der Waals surface area contributed by atoms with Crippen LogP contribution < -0.4 is 4.74 Å². The molecule has 1 saturated heterocycles. The van der Waals surface area contributed by atoms with Crippen molar-refractivity contribution in [1.29, 1.82) is 0 Å². The first-order valence-electron chi connectivity index (χ1n) is 8.25. The number of nitro benzene ring substituents is 1. The van der Waals surface area contributed by atoms with E-state index in [4.69, 9.17) is 4.74 Å². The Labute approximate surface area is 135 Å². The van der Waals surface area contributed by atoms with Gasteiger partial charge in [-0.3, -0.25) is 14.9 Å². The molecule has 1 heterocycles. The third-order valence-corrected chi connectivity index (χ3v) is 5.13. The van der Waals surface area contributed by atoms with E-state index in [2.05, 4.69) is 0 Å². The van der Waals surface area contributed by atoms with Gasteiger partial charge >= 0.3 is 5.69 Å². The smallest absolute Gasteiger partial charge is 0.311 e. The number of hydrogen-bond acceptors (Lipinski definition) is 4. The van der Waals surface area contributed by atoms with Crippen LogP contribution in [0.3, 0.4) is 0 Å². The second kappa shape index (κ2) is 6.56. The zero-order valence-electron chi connectivity index (χ0n) is 13.4. The monoisotopic (exact) mass is 318 g/mol. The molecule has 1 amide bonds. The van der Waals surface area contributed by atoms with Gasteiger partial charge in [0.2, 0.25) is 0 Å². The third-order valence-electron chi connectivity index (χ3n) is 5.13. The molecule has 0 spiro atoms. The van der Waals surface area contributed by atoms with Crippen molar-refractivity contribution in [3.8, 4) is 5.75 Å². The van der Waals surface area contributed by atoms with Crippen LogP contribution in [0.4, 0.5) is 5.69 Å². The molecule has 2 fully saturated rings. The number of carbonyl (C=O) groups excluding carboxylic acids is 1. The molecule has 23 heavy (non-hydrogen) atoms. The molecule has 1 saturated carbocycles. The highest BCUT2D eigenvalue weighted by Crippen LogP contribution is 2.36. The summed E-state index contributed by atoms with van der Waals surface area (Å²) in [6.45, 7) is 0.750. The molecule has 1 aromatic rings. The van der Waals surface area contributed by atoms with E-state index >= 15 is 0 Å². The molecular formula is C17H22N2O4. The first-order valence-corrected chi connectivity index (χ1v) is 8.25. The normalized spacial score (nSPS) is 24.0. The fourth-order valence-corrected chi connectivity index (χ4v) is 4.01. The van der Waals surface area contributed by atoms with Gasteiger partial charge < -0.3 is 9.64 Å². The van der Waals surface area contributed by atoms with Gasteiger partial charge in [0.25, 0.3) is 5.91 Å². The number of rotatable bonds is 3. The van der Waals surface area contributed by atoms with Gasteiger partial charge in [0, 0.05) is 24.2 Å². The molecule has 0 radical (unpaired) electrons. The molecule has 1 aliphatic heterocycles. The Morgan fingerprint density at radius 1 is 1.26 bits per heavy atom. The molecular weight excluding hydrogens is 296 g/mol. The van der Waals surface area contributed by atoms with Crippen molar-refractivity contribution in [3.05, 3.63) is 33.9 Å². The zero-order valence-corrected chi connectivity index (χ0v) is 13.4. The average molecular weight is 318 g/mol. The SMILES string of the molecule is COc1ccc(C(=O)N2CCCC3CCCCC32)cc1[N+](=O)[O-]. The highest BCUT2D eigenvalue weighted by atomic mass is 16.6. The lowest BCUT2D eigenvalue weighted by atomic mass is 9.78. The number of carbonyl (C=O) groups is 1.